The lowest BCUT2D eigenvalue weighted by Gasteiger charge is -2.05. The zero-order chi connectivity index (χ0) is 10.8. The molecule has 78 valence electrons. The summed E-state index contributed by atoms with van der Waals surface area (Å²) in [6.45, 7) is 1.21. The van der Waals surface area contributed by atoms with Crippen LogP contribution in [0.25, 0.3) is 0 Å². The largest absolute Gasteiger partial charge is 0.399 e. The lowest BCUT2D eigenvalue weighted by atomic mass is 10.3. The van der Waals surface area contributed by atoms with Crippen LogP contribution in [-0.2, 0) is 9.84 Å². The number of sulfone groups is 1. The highest BCUT2D eigenvalue weighted by Gasteiger charge is 2.17. The van der Waals surface area contributed by atoms with E-state index < -0.39 is 21.8 Å². The van der Waals surface area contributed by atoms with Crippen molar-refractivity contribution in [3.05, 3.63) is 24.3 Å². The maximum absolute atomic E-state index is 12.6. The van der Waals surface area contributed by atoms with E-state index in [4.69, 9.17) is 5.73 Å². The van der Waals surface area contributed by atoms with Gasteiger partial charge in [0.15, 0.2) is 9.84 Å². The Balaban J connectivity index is 3.05. The molecule has 2 N–H and O–H groups in total. The molecule has 5 heteroatoms. The minimum atomic E-state index is -3.54. The molecule has 0 amide bonds. The molecule has 1 rings (SSSR count). The van der Waals surface area contributed by atoms with E-state index in [2.05, 4.69) is 0 Å². The number of alkyl halides is 1. The van der Waals surface area contributed by atoms with Crippen molar-refractivity contribution < 1.29 is 12.8 Å². The van der Waals surface area contributed by atoms with E-state index in [-0.39, 0.29) is 4.90 Å². The van der Waals surface area contributed by atoms with Gasteiger partial charge in [-0.15, -0.1) is 0 Å². The third-order valence-corrected chi connectivity index (χ3v) is 3.54. The topological polar surface area (TPSA) is 60.2 Å². The number of rotatable bonds is 3. The van der Waals surface area contributed by atoms with E-state index in [1.165, 1.54) is 25.1 Å². The number of hydrogen-bond donors (Lipinski definition) is 1. The summed E-state index contributed by atoms with van der Waals surface area (Å²) in [7, 11) is -3.54. The fourth-order valence-corrected chi connectivity index (χ4v) is 2.51. The van der Waals surface area contributed by atoms with Crippen LogP contribution >= 0.6 is 0 Å². The average Bonchev–Trinajstić information content (AvgIpc) is 2.01. The summed E-state index contributed by atoms with van der Waals surface area (Å²) < 4.78 is 35.6. The van der Waals surface area contributed by atoms with Crippen molar-refractivity contribution in [2.75, 3.05) is 11.5 Å². The molecule has 0 heterocycles. The van der Waals surface area contributed by atoms with Crippen molar-refractivity contribution in [2.24, 2.45) is 0 Å². The molecule has 3 nitrogen and oxygen atoms in total. The van der Waals surface area contributed by atoms with Crippen molar-refractivity contribution >= 4 is 15.5 Å². The van der Waals surface area contributed by atoms with Crippen molar-refractivity contribution in [3.63, 3.8) is 0 Å². The van der Waals surface area contributed by atoms with Gasteiger partial charge in [-0.05, 0) is 25.1 Å². The third kappa shape index (κ3) is 2.70. The lowest BCUT2D eigenvalue weighted by Crippen LogP contribution is -2.14. The molecule has 0 saturated carbocycles. The van der Waals surface area contributed by atoms with Gasteiger partial charge in [0.25, 0.3) is 0 Å². The monoisotopic (exact) mass is 217 g/mol. The Bertz CT molecular complexity index is 415. The Morgan fingerprint density at radius 1 is 1.50 bits per heavy atom. The SMILES string of the molecule is CC(F)CS(=O)(=O)c1cccc(N)c1. The van der Waals surface area contributed by atoms with Crippen molar-refractivity contribution in [1.82, 2.24) is 0 Å². The maximum atomic E-state index is 12.6. The van der Waals surface area contributed by atoms with Gasteiger partial charge in [0, 0.05) is 5.69 Å². The molecule has 0 saturated heterocycles. The smallest absolute Gasteiger partial charge is 0.181 e. The minimum Gasteiger partial charge on any atom is -0.399 e. The maximum Gasteiger partial charge on any atom is 0.181 e. The van der Waals surface area contributed by atoms with Gasteiger partial charge in [0.05, 0.1) is 10.6 Å². The average molecular weight is 217 g/mol. The molecule has 0 aliphatic rings. The summed E-state index contributed by atoms with van der Waals surface area (Å²) in [5, 5.41) is 0. The summed E-state index contributed by atoms with van der Waals surface area (Å²) in [5.74, 6) is -0.504. The molecular weight excluding hydrogens is 205 g/mol. The Hall–Kier alpha value is -1.10. The molecular formula is C9H12FNO2S. The third-order valence-electron chi connectivity index (χ3n) is 1.67. The summed E-state index contributed by atoms with van der Waals surface area (Å²) in [4.78, 5) is 0.0713. The zero-order valence-corrected chi connectivity index (χ0v) is 8.59. The van der Waals surface area contributed by atoms with Gasteiger partial charge in [-0.2, -0.15) is 0 Å². The van der Waals surface area contributed by atoms with E-state index >= 15 is 0 Å². The van der Waals surface area contributed by atoms with Gasteiger partial charge in [0.2, 0.25) is 0 Å². The Kier molecular flexibility index (Phi) is 3.10. The van der Waals surface area contributed by atoms with Crippen molar-refractivity contribution in [1.29, 1.82) is 0 Å². The van der Waals surface area contributed by atoms with Crippen LogP contribution in [0.5, 0.6) is 0 Å². The van der Waals surface area contributed by atoms with Crippen molar-refractivity contribution in [2.45, 2.75) is 18.0 Å². The predicted octanol–water partition coefficient (Wildman–Crippen LogP) is 1.40. The molecule has 0 radical (unpaired) electrons. The second-order valence-corrected chi connectivity index (χ2v) is 5.17. The number of benzene rings is 1. The van der Waals surface area contributed by atoms with E-state index in [0.29, 0.717) is 5.69 Å². The number of nitrogen functional groups attached to an aromatic ring is 1. The van der Waals surface area contributed by atoms with E-state index in [1.807, 2.05) is 0 Å². The first-order valence-corrected chi connectivity index (χ1v) is 5.79. The fourth-order valence-electron chi connectivity index (χ4n) is 1.11. The zero-order valence-electron chi connectivity index (χ0n) is 7.77. The van der Waals surface area contributed by atoms with Crippen LogP contribution in [0.3, 0.4) is 0 Å². The summed E-state index contributed by atoms with van der Waals surface area (Å²) >= 11 is 0. The highest BCUT2D eigenvalue weighted by Crippen LogP contribution is 2.15. The second kappa shape index (κ2) is 3.96. The molecule has 1 aromatic rings. The molecule has 0 spiro atoms. The molecule has 0 bridgehead atoms. The number of hydrogen-bond acceptors (Lipinski definition) is 3. The van der Waals surface area contributed by atoms with Crippen LogP contribution < -0.4 is 5.73 Å². The van der Waals surface area contributed by atoms with Gasteiger partial charge < -0.3 is 5.73 Å². The normalized spacial score (nSPS) is 13.9. The van der Waals surface area contributed by atoms with Gasteiger partial charge in [0.1, 0.15) is 6.17 Å². The Morgan fingerprint density at radius 2 is 2.14 bits per heavy atom. The van der Waals surface area contributed by atoms with Gasteiger partial charge >= 0.3 is 0 Å². The van der Waals surface area contributed by atoms with E-state index in [0.717, 1.165) is 0 Å². The molecule has 0 aliphatic carbocycles. The highest BCUT2D eigenvalue weighted by atomic mass is 32.2. The second-order valence-electron chi connectivity index (χ2n) is 3.13. The first kappa shape index (κ1) is 11.0. The summed E-state index contributed by atoms with van der Waals surface area (Å²) in [6.07, 6.45) is -1.37. The van der Waals surface area contributed by atoms with Crippen LogP contribution in [0.1, 0.15) is 6.92 Å². The summed E-state index contributed by atoms with van der Waals surface area (Å²) in [5.41, 5.74) is 5.79. The Morgan fingerprint density at radius 3 is 2.64 bits per heavy atom. The van der Waals surface area contributed by atoms with E-state index in [9.17, 15) is 12.8 Å². The standard InChI is InChI=1S/C9H12FNO2S/c1-7(10)6-14(12,13)9-4-2-3-8(11)5-9/h2-5,7H,6,11H2,1H3. The van der Waals surface area contributed by atoms with Crippen LogP contribution in [0, 0.1) is 0 Å². The molecule has 14 heavy (non-hydrogen) atoms. The molecule has 1 atom stereocenters. The predicted molar refractivity (Wildman–Crippen MR) is 53.5 cm³/mol. The molecule has 0 aromatic heterocycles. The first-order chi connectivity index (χ1) is 6.42. The van der Waals surface area contributed by atoms with Gasteiger partial charge in [-0.25, -0.2) is 12.8 Å². The number of halogens is 1. The van der Waals surface area contributed by atoms with Crippen molar-refractivity contribution in [3.8, 4) is 0 Å². The Labute approximate surface area is 82.7 Å². The quantitative estimate of drug-likeness (QED) is 0.778. The number of anilines is 1. The minimum absolute atomic E-state index is 0.0713. The highest BCUT2D eigenvalue weighted by molar-refractivity contribution is 7.91. The van der Waals surface area contributed by atoms with Gasteiger partial charge in [-0.1, -0.05) is 6.07 Å². The van der Waals surface area contributed by atoms with Gasteiger partial charge in [-0.3, -0.25) is 0 Å². The molecule has 1 aromatic carbocycles. The number of nitrogens with two attached hydrogens (primary N) is 1. The summed E-state index contributed by atoms with van der Waals surface area (Å²) in [6, 6.07) is 5.86. The molecule has 1 unspecified atom stereocenters. The van der Waals surface area contributed by atoms with E-state index in [1.54, 1.807) is 6.07 Å². The van der Waals surface area contributed by atoms with Crippen LogP contribution in [0.15, 0.2) is 29.2 Å². The van der Waals surface area contributed by atoms with Crippen LogP contribution in [-0.4, -0.2) is 20.3 Å². The van der Waals surface area contributed by atoms with Crippen LogP contribution in [0.4, 0.5) is 10.1 Å². The lowest BCUT2D eigenvalue weighted by molar-refractivity contribution is 0.391. The molecule has 0 aliphatic heterocycles. The molecule has 0 fully saturated rings. The first-order valence-electron chi connectivity index (χ1n) is 4.14. The fraction of sp³-hybridized carbons (Fsp3) is 0.333. The van der Waals surface area contributed by atoms with Crippen LogP contribution in [0.2, 0.25) is 0 Å².